The number of nitrogens with one attached hydrogen (secondary N) is 1. The summed E-state index contributed by atoms with van der Waals surface area (Å²) < 4.78 is 29.3. The quantitative estimate of drug-likeness (QED) is 0.506. The van der Waals surface area contributed by atoms with Gasteiger partial charge in [0.2, 0.25) is 0 Å². The number of ether oxygens (including phenoxy) is 1. The second-order valence-electron chi connectivity index (χ2n) is 2.79. The van der Waals surface area contributed by atoms with Gasteiger partial charge < -0.3 is 10.5 Å². The molecule has 4 nitrogen and oxygen atoms in total. The summed E-state index contributed by atoms with van der Waals surface area (Å²) in [5.41, 5.74) is 7.83. The second-order valence-corrected chi connectivity index (χ2v) is 4.15. The number of alkyl halides is 2. The molecule has 3 N–H and O–H groups in total. The van der Waals surface area contributed by atoms with E-state index < -0.39 is 6.61 Å². The molecule has 0 radical (unpaired) electrons. The lowest BCUT2D eigenvalue weighted by molar-refractivity contribution is -0.0499. The lowest BCUT2D eigenvalue weighted by atomic mass is 10.2. The van der Waals surface area contributed by atoms with E-state index in [1.165, 1.54) is 12.3 Å². The van der Waals surface area contributed by atoms with Crippen LogP contribution in [0.1, 0.15) is 5.56 Å². The Labute approximate surface area is 110 Å². The van der Waals surface area contributed by atoms with Gasteiger partial charge in [0.25, 0.3) is 0 Å². The second kappa shape index (κ2) is 6.45. The zero-order valence-electron chi connectivity index (χ0n) is 8.36. The predicted octanol–water partition coefficient (Wildman–Crippen LogP) is 2.22. The molecule has 0 aromatic heterocycles. The van der Waals surface area contributed by atoms with Crippen LogP contribution in [-0.2, 0) is 0 Å². The van der Waals surface area contributed by atoms with Crippen LogP contribution in [0.2, 0.25) is 0 Å². The Morgan fingerprint density at radius 3 is 2.88 bits per heavy atom. The van der Waals surface area contributed by atoms with Gasteiger partial charge in [0.05, 0.1) is 6.21 Å². The van der Waals surface area contributed by atoms with Crippen LogP contribution < -0.4 is 15.9 Å². The van der Waals surface area contributed by atoms with Gasteiger partial charge in [0.15, 0.2) is 5.11 Å². The van der Waals surface area contributed by atoms with E-state index >= 15 is 0 Å². The van der Waals surface area contributed by atoms with Crippen molar-refractivity contribution in [2.24, 2.45) is 10.8 Å². The largest absolute Gasteiger partial charge is 0.434 e. The minimum Gasteiger partial charge on any atom is -0.434 e. The molecule has 0 unspecified atom stereocenters. The lowest BCUT2D eigenvalue weighted by Gasteiger charge is -2.07. The van der Waals surface area contributed by atoms with Crippen molar-refractivity contribution < 1.29 is 13.5 Å². The first kappa shape index (κ1) is 13.8. The molecular weight excluding hydrogens is 316 g/mol. The van der Waals surface area contributed by atoms with E-state index in [0.717, 1.165) is 0 Å². The van der Waals surface area contributed by atoms with Crippen molar-refractivity contribution in [3.63, 3.8) is 0 Å². The molecule has 0 saturated heterocycles. The zero-order chi connectivity index (χ0) is 12.8. The number of halogens is 3. The average Bonchev–Trinajstić information content (AvgIpc) is 2.21. The molecule has 0 bridgehead atoms. The highest BCUT2D eigenvalue weighted by molar-refractivity contribution is 9.10. The molecule has 1 rings (SSSR count). The Hall–Kier alpha value is -1.28. The smallest absolute Gasteiger partial charge is 0.387 e. The van der Waals surface area contributed by atoms with E-state index in [0.29, 0.717) is 10.0 Å². The summed E-state index contributed by atoms with van der Waals surface area (Å²) in [7, 11) is 0. The lowest BCUT2D eigenvalue weighted by Crippen LogP contribution is -2.24. The maximum absolute atomic E-state index is 12.1. The van der Waals surface area contributed by atoms with Crippen LogP contribution in [-0.4, -0.2) is 17.9 Å². The molecule has 0 amide bonds. The van der Waals surface area contributed by atoms with E-state index in [9.17, 15) is 8.78 Å². The van der Waals surface area contributed by atoms with Crippen molar-refractivity contribution in [2.45, 2.75) is 6.61 Å². The van der Waals surface area contributed by atoms with Crippen LogP contribution in [0.3, 0.4) is 0 Å². The number of hydrogen-bond donors (Lipinski definition) is 2. The van der Waals surface area contributed by atoms with Gasteiger partial charge in [-0.15, -0.1) is 0 Å². The van der Waals surface area contributed by atoms with Crippen LogP contribution in [0.25, 0.3) is 0 Å². The summed E-state index contributed by atoms with van der Waals surface area (Å²) in [6.45, 7) is -2.90. The third-order valence-corrected chi connectivity index (χ3v) is 2.15. The average molecular weight is 324 g/mol. The number of benzene rings is 1. The monoisotopic (exact) mass is 323 g/mol. The van der Waals surface area contributed by atoms with Crippen molar-refractivity contribution in [3.05, 3.63) is 28.2 Å². The van der Waals surface area contributed by atoms with Crippen molar-refractivity contribution >= 4 is 39.5 Å². The van der Waals surface area contributed by atoms with Crippen LogP contribution >= 0.6 is 28.1 Å². The third-order valence-electron chi connectivity index (χ3n) is 1.57. The highest BCUT2D eigenvalue weighted by Gasteiger charge is 2.08. The van der Waals surface area contributed by atoms with Crippen LogP contribution in [0.15, 0.2) is 27.8 Å². The van der Waals surface area contributed by atoms with E-state index in [-0.39, 0.29) is 10.9 Å². The highest BCUT2D eigenvalue weighted by Crippen LogP contribution is 2.23. The van der Waals surface area contributed by atoms with E-state index in [1.807, 2.05) is 0 Å². The fourth-order valence-electron chi connectivity index (χ4n) is 0.989. The molecule has 0 spiro atoms. The molecule has 0 atom stereocenters. The molecular formula is C9H8BrF2N3OS. The van der Waals surface area contributed by atoms with E-state index in [4.69, 9.17) is 5.73 Å². The number of hydrazone groups is 1. The molecule has 0 fully saturated rings. The standard InChI is InChI=1S/C9H8BrF2N3OS/c10-6-1-2-7(16-8(11)12)5(3-6)4-14-15-9(13)17/h1-4,8H,(H3,13,15,17)/b14-4+. The molecule has 8 heteroatoms. The minimum atomic E-state index is -2.90. The Bertz CT molecular complexity index is 442. The molecule has 92 valence electrons. The van der Waals surface area contributed by atoms with Crippen molar-refractivity contribution in [3.8, 4) is 5.75 Å². The molecule has 0 aliphatic heterocycles. The number of rotatable bonds is 4. The van der Waals surface area contributed by atoms with Crippen molar-refractivity contribution in [1.29, 1.82) is 0 Å². The van der Waals surface area contributed by atoms with Gasteiger partial charge in [0.1, 0.15) is 5.75 Å². The maximum atomic E-state index is 12.1. The fraction of sp³-hybridized carbons (Fsp3) is 0.111. The summed E-state index contributed by atoms with van der Waals surface area (Å²) in [6, 6.07) is 4.55. The topological polar surface area (TPSA) is 59.6 Å². The van der Waals surface area contributed by atoms with E-state index in [2.05, 4.69) is 43.4 Å². The molecule has 0 aliphatic carbocycles. The summed E-state index contributed by atoms with van der Waals surface area (Å²) >= 11 is 7.74. The summed E-state index contributed by atoms with van der Waals surface area (Å²) in [4.78, 5) is 0. The normalized spacial score (nSPS) is 10.8. The molecule has 17 heavy (non-hydrogen) atoms. The number of nitrogens with two attached hydrogens (primary N) is 1. The first-order valence-electron chi connectivity index (χ1n) is 4.32. The van der Waals surface area contributed by atoms with Gasteiger partial charge in [-0.1, -0.05) is 15.9 Å². The number of nitrogens with zero attached hydrogens (tertiary/aromatic N) is 1. The van der Waals surface area contributed by atoms with Crippen molar-refractivity contribution in [2.75, 3.05) is 0 Å². The Kier molecular flexibility index (Phi) is 5.23. The Balaban J connectivity index is 2.90. The zero-order valence-corrected chi connectivity index (χ0v) is 10.8. The van der Waals surface area contributed by atoms with Gasteiger partial charge in [0, 0.05) is 10.0 Å². The molecule has 0 aliphatic rings. The summed E-state index contributed by atoms with van der Waals surface area (Å²) in [6.07, 6.45) is 1.28. The third kappa shape index (κ3) is 5.05. The van der Waals surface area contributed by atoms with Gasteiger partial charge in [-0.25, -0.2) is 0 Å². The van der Waals surface area contributed by atoms with Gasteiger partial charge in [-0.2, -0.15) is 13.9 Å². The van der Waals surface area contributed by atoms with E-state index in [1.54, 1.807) is 12.1 Å². The minimum absolute atomic E-state index is 0.0108. The van der Waals surface area contributed by atoms with Crippen molar-refractivity contribution in [1.82, 2.24) is 5.43 Å². The Morgan fingerprint density at radius 1 is 1.59 bits per heavy atom. The van der Waals surface area contributed by atoms with Crippen LogP contribution in [0, 0.1) is 0 Å². The van der Waals surface area contributed by atoms with Gasteiger partial charge >= 0.3 is 6.61 Å². The molecule has 0 saturated carbocycles. The summed E-state index contributed by atoms with van der Waals surface area (Å²) in [5, 5.41) is 3.64. The molecule has 0 heterocycles. The van der Waals surface area contributed by atoms with Gasteiger partial charge in [-0.3, -0.25) is 5.43 Å². The van der Waals surface area contributed by atoms with Crippen LogP contribution in [0.5, 0.6) is 5.75 Å². The first-order valence-corrected chi connectivity index (χ1v) is 5.52. The Morgan fingerprint density at radius 2 is 2.29 bits per heavy atom. The van der Waals surface area contributed by atoms with Gasteiger partial charge in [-0.05, 0) is 30.4 Å². The summed E-state index contributed by atoms with van der Waals surface area (Å²) in [5.74, 6) is 0.0108. The predicted molar refractivity (Wildman–Crippen MR) is 68.3 cm³/mol. The first-order chi connectivity index (χ1) is 7.99. The molecule has 1 aromatic carbocycles. The SMILES string of the molecule is NC(=S)N/N=C/c1cc(Br)ccc1OC(F)F. The van der Waals surface area contributed by atoms with Crippen LogP contribution in [0.4, 0.5) is 8.78 Å². The molecule has 1 aromatic rings. The number of hydrogen-bond acceptors (Lipinski definition) is 3. The number of thiocarbonyl (C=S) groups is 1. The highest BCUT2D eigenvalue weighted by atomic mass is 79.9. The maximum Gasteiger partial charge on any atom is 0.387 e. The fourth-order valence-corrected chi connectivity index (χ4v) is 1.42.